The van der Waals surface area contributed by atoms with Crippen molar-refractivity contribution >= 4 is 33.4 Å². The summed E-state index contributed by atoms with van der Waals surface area (Å²) in [5, 5.41) is 3.98. The third kappa shape index (κ3) is 3.52. The van der Waals surface area contributed by atoms with E-state index >= 15 is 0 Å². The number of benzene rings is 1. The number of fused-ring (bicyclic) bond motifs is 1. The minimum Gasteiger partial charge on any atom is -0.497 e. The molecule has 0 spiro atoms. The van der Waals surface area contributed by atoms with E-state index in [1.165, 1.54) is 22.2 Å². The molecule has 0 aliphatic rings. The Bertz CT molecular complexity index is 1030. The van der Waals surface area contributed by atoms with Crippen molar-refractivity contribution in [3.8, 4) is 5.75 Å². The second kappa shape index (κ2) is 7.52. The average Bonchev–Trinajstić information content (AvgIpc) is 3.18. The lowest BCUT2D eigenvalue weighted by Gasteiger charge is -2.05. The number of rotatable bonds is 5. The topological polar surface area (TPSA) is 87.7 Å². The first kappa shape index (κ1) is 17.9. The van der Waals surface area contributed by atoms with E-state index < -0.39 is 11.9 Å². The van der Waals surface area contributed by atoms with Gasteiger partial charge in [-0.2, -0.15) is 10.1 Å². The summed E-state index contributed by atoms with van der Waals surface area (Å²) in [6.45, 7) is 2.00. The molecular weight excluding hydrogens is 356 g/mol. The maximum absolute atomic E-state index is 12.5. The largest absolute Gasteiger partial charge is 0.497 e. The predicted octanol–water partition coefficient (Wildman–Crippen LogP) is 1.75. The normalized spacial score (nSPS) is 11.7. The van der Waals surface area contributed by atoms with Crippen molar-refractivity contribution in [1.82, 2.24) is 14.3 Å². The van der Waals surface area contributed by atoms with Gasteiger partial charge < -0.3 is 14.0 Å². The van der Waals surface area contributed by atoms with Crippen LogP contribution >= 0.6 is 11.3 Å². The fourth-order valence-corrected chi connectivity index (χ4v) is 3.54. The zero-order valence-electron chi connectivity index (χ0n) is 14.6. The summed E-state index contributed by atoms with van der Waals surface area (Å²) >= 11 is 1.30. The van der Waals surface area contributed by atoms with Crippen LogP contribution in [0.4, 0.5) is 0 Å². The van der Waals surface area contributed by atoms with Crippen LogP contribution in [0.15, 0.2) is 35.5 Å². The van der Waals surface area contributed by atoms with Crippen LogP contribution in [0.3, 0.4) is 0 Å². The van der Waals surface area contributed by atoms with Crippen LogP contribution in [0.25, 0.3) is 10.2 Å². The summed E-state index contributed by atoms with van der Waals surface area (Å²) in [6.07, 6.45) is 1.53. The first-order chi connectivity index (χ1) is 12.5. The summed E-state index contributed by atoms with van der Waals surface area (Å²) in [6, 6.07) is 7.06. The van der Waals surface area contributed by atoms with Crippen molar-refractivity contribution in [2.24, 2.45) is 12.0 Å². The molecule has 3 aromatic rings. The lowest BCUT2D eigenvalue weighted by Crippen LogP contribution is -2.23. The predicted molar refractivity (Wildman–Crippen MR) is 96.1 cm³/mol. The van der Waals surface area contributed by atoms with E-state index in [1.54, 1.807) is 37.8 Å². The maximum Gasteiger partial charge on any atom is 0.326 e. The summed E-state index contributed by atoms with van der Waals surface area (Å²) in [7, 11) is 3.25. The van der Waals surface area contributed by atoms with Crippen molar-refractivity contribution in [2.75, 3.05) is 13.7 Å². The van der Waals surface area contributed by atoms with E-state index in [2.05, 4.69) is 10.1 Å². The van der Waals surface area contributed by atoms with Crippen molar-refractivity contribution in [1.29, 1.82) is 0 Å². The number of thiazole rings is 1. The Balaban J connectivity index is 2.12. The van der Waals surface area contributed by atoms with Crippen molar-refractivity contribution in [3.63, 3.8) is 0 Å². The van der Waals surface area contributed by atoms with Gasteiger partial charge in [0.15, 0.2) is 4.80 Å². The molecule has 26 heavy (non-hydrogen) atoms. The summed E-state index contributed by atoms with van der Waals surface area (Å²) in [5.41, 5.74) is 1.14. The van der Waals surface area contributed by atoms with Gasteiger partial charge in [-0.1, -0.05) is 11.3 Å². The molecule has 8 nitrogen and oxygen atoms in total. The lowest BCUT2D eigenvalue weighted by molar-refractivity contribution is -0.143. The molecule has 3 rings (SSSR count). The molecule has 0 radical (unpaired) electrons. The van der Waals surface area contributed by atoms with Gasteiger partial charge in [-0.05, 0) is 31.2 Å². The molecule has 0 saturated heterocycles. The van der Waals surface area contributed by atoms with E-state index in [-0.39, 0.29) is 13.2 Å². The molecular formula is C17H18N4O4S. The second-order valence-electron chi connectivity index (χ2n) is 5.37. The number of ether oxygens (including phenoxy) is 2. The number of esters is 1. The van der Waals surface area contributed by atoms with Crippen molar-refractivity contribution in [2.45, 2.75) is 13.5 Å². The van der Waals surface area contributed by atoms with Crippen molar-refractivity contribution in [3.05, 3.63) is 41.0 Å². The van der Waals surface area contributed by atoms with Gasteiger partial charge in [0.1, 0.15) is 18.0 Å². The molecule has 0 unspecified atom stereocenters. The van der Waals surface area contributed by atoms with Crippen molar-refractivity contribution < 1.29 is 19.1 Å². The molecule has 0 fully saturated rings. The van der Waals surface area contributed by atoms with Gasteiger partial charge in [0.05, 0.1) is 23.9 Å². The summed E-state index contributed by atoms with van der Waals surface area (Å²) in [4.78, 5) is 29.1. The van der Waals surface area contributed by atoms with E-state index in [4.69, 9.17) is 9.47 Å². The molecule has 136 valence electrons. The van der Waals surface area contributed by atoms with Crippen LogP contribution in [0.2, 0.25) is 0 Å². The van der Waals surface area contributed by atoms with Gasteiger partial charge in [-0.25, -0.2) is 0 Å². The Labute approximate surface area is 153 Å². The maximum atomic E-state index is 12.5. The molecule has 0 aliphatic heterocycles. The van der Waals surface area contributed by atoms with E-state index in [0.717, 1.165) is 10.2 Å². The molecule has 1 aromatic carbocycles. The average molecular weight is 374 g/mol. The number of carbonyl (C=O) groups excluding carboxylic acids is 2. The first-order valence-electron chi connectivity index (χ1n) is 7.93. The number of carbonyl (C=O) groups is 2. The fourth-order valence-electron chi connectivity index (χ4n) is 2.48. The Morgan fingerprint density at radius 3 is 2.77 bits per heavy atom. The molecule has 0 bridgehead atoms. The van der Waals surface area contributed by atoms with Gasteiger partial charge in [0.2, 0.25) is 0 Å². The van der Waals surface area contributed by atoms with Crippen LogP contribution in [0, 0.1) is 0 Å². The highest BCUT2D eigenvalue weighted by molar-refractivity contribution is 7.16. The standard InChI is InChI=1S/C17H18N4O4S/c1-4-25-15(22)10-21-12-6-5-11(24-3)9-14(12)26-17(21)19-16(23)13-7-8-18-20(13)2/h5-9H,4,10H2,1-3H3. The molecule has 0 saturated carbocycles. The lowest BCUT2D eigenvalue weighted by atomic mass is 10.3. The Hall–Kier alpha value is -2.94. The number of amides is 1. The van der Waals surface area contributed by atoms with Crippen LogP contribution in [-0.2, 0) is 23.1 Å². The third-order valence-corrected chi connectivity index (χ3v) is 4.76. The minimum atomic E-state index is -0.430. The quantitative estimate of drug-likeness (QED) is 0.635. The van der Waals surface area contributed by atoms with E-state index in [0.29, 0.717) is 16.2 Å². The number of hydrogen-bond acceptors (Lipinski definition) is 6. The molecule has 1 amide bonds. The van der Waals surface area contributed by atoms with E-state index in [1.807, 2.05) is 12.1 Å². The zero-order valence-corrected chi connectivity index (χ0v) is 15.4. The number of hydrogen-bond donors (Lipinski definition) is 0. The number of aromatic nitrogens is 3. The second-order valence-corrected chi connectivity index (χ2v) is 6.38. The minimum absolute atomic E-state index is 0.0301. The van der Waals surface area contributed by atoms with Gasteiger partial charge in [0.25, 0.3) is 5.91 Å². The monoisotopic (exact) mass is 374 g/mol. The molecule has 0 atom stereocenters. The van der Waals surface area contributed by atoms with Crippen LogP contribution in [0.5, 0.6) is 5.75 Å². The van der Waals surface area contributed by atoms with Crippen LogP contribution in [0.1, 0.15) is 17.4 Å². The van der Waals surface area contributed by atoms with Gasteiger partial charge in [0, 0.05) is 13.2 Å². The fraction of sp³-hybridized carbons (Fsp3) is 0.294. The molecule has 0 aliphatic carbocycles. The van der Waals surface area contributed by atoms with Gasteiger partial charge in [-0.15, -0.1) is 0 Å². The third-order valence-electron chi connectivity index (χ3n) is 3.72. The van der Waals surface area contributed by atoms with Gasteiger partial charge >= 0.3 is 5.97 Å². The highest BCUT2D eigenvalue weighted by Gasteiger charge is 2.14. The van der Waals surface area contributed by atoms with Crippen LogP contribution in [-0.4, -0.2) is 39.9 Å². The number of aryl methyl sites for hydroxylation is 1. The highest BCUT2D eigenvalue weighted by atomic mass is 32.1. The summed E-state index contributed by atoms with van der Waals surface area (Å²) < 4.78 is 14.3. The zero-order chi connectivity index (χ0) is 18.7. The van der Waals surface area contributed by atoms with E-state index in [9.17, 15) is 9.59 Å². The molecule has 0 N–H and O–H groups in total. The number of methoxy groups -OCH3 is 1. The van der Waals surface area contributed by atoms with Gasteiger partial charge in [-0.3, -0.25) is 14.3 Å². The molecule has 2 heterocycles. The SMILES string of the molecule is CCOC(=O)Cn1c(=NC(=O)c2ccnn2C)sc2cc(OC)ccc21. The highest BCUT2D eigenvalue weighted by Crippen LogP contribution is 2.23. The molecule has 2 aromatic heterocycles. The Kier molecular flexibility index (Phi) is 5.17. The first-order valence-corrected chi connectivity index (χ1v) is 8.75. The number of nitrogens with zero attached hydrogens (tertiary/aromatic N) is 4. The Morgan fingerprint density at radius 2 is 2.12 bits per heavy atom. The van der Waals surface area contributed by atoms with Crippen LogP contribution < -0.4 is 9.54 Å². The summed E-state index contributed by atoms with van der Waals surface area (Å²) in [5.74, 6) is -0.134. The Morgan fingerprint density at radius 1 is 1.31 bits per heavy atom. The smallest absolute Gasteiger partial charge is 0.326 e. The molecule has 9 heteroatoms.